The van der Waals surface area contributed by atoms with E-state index in [1.54, 1.807) is 0 Å². The molecule has 0 fully saturated rings. The molecule has 0 bridgehead atoms. The zero-order valence-corrected chi connectivity index (χ0v) is 37.2. The maximum atomic E-state index is 7.41. The van der Waals surface area contributed by atoms with Gasteiger partial charge in [-0.25, -0.2) is 15.0 Å². The van der Waals surface area contributed by atoms with Crippen LogP contribution in [0.25, 0.3) is 106 Å². The van der Waals surface area contributed by atoms with Gasteiger partial charge in [-0.2, -0.15) is 0 Å². The molecule has 10 aromatic rings. The van der Waals surface area contributed by atoms with Crippen LogP contribution in [0.4, 0.5) is 5.69 Å². The van der Waals surface area contributed by atoms with E-state index >= 15 is 0 Å². The first kappa shape index (κ1) is 40.7. The summed E-state index contributed by atoms with van der Waals surface area (Å²) in [6, 6.07) is 52.9. The van der Waals surface area contributed by atoms with Crippen LogP contribution in [0.3, 0.4) is 0 Å². The minimum absolute atomic E-state index is 0.468. The van der Waals surface area contributed by atoms with Gasteiger partial charge < -0.3 is 14.7 Å². The number of fused-ring (bicyclic) bond motifs is 6. The van der Waals surface area contributed by atoms with E-state index in [1.165, 1.54) is 22.2 Å². The van der Waals surface area contributed by atoms with Gasteiger partial charge in [-0.3, -0.25) is 0 Å². The molecule has 0 aliphatic heterocycles. The lowest BCUT2D eigenvalue weighted by molar-refractivity contribution is 0.654. The normalized spacial score (nSPS) is 14.5. The number of furan rings is 1. The van der Waals surface area contributed by atoms with E-state index in [0.29, 0.717) is 23.4 Å². The zero-order valence-electron chi connectivity index (χ0n) is 37.2. The Morgan fingerprint density at radius 3 is 2.00 bits per heavy atom. The maximum absolute atomic E-state index is 7.41. The van der Waals surface area contributed by atoms with Crippen molar-refractivity contribution in [3.63, 3.8) is 0 Å². The standard InChI is InChI=1S/C58H43N5O.C2H6/c59-54-45(44-25-14-13-22-42(44)34-37-16-5-1-6-17-37)30-31-46-48-35-40(28-32-50(48)63(55(46)54)43-23-11-4-12-24-43)41-29-33-51-49(36-41)53-47(26-15-27-52(53)64-51)58-61-56(38-18-7-2-8-19-38)60-57(62-58)39-20-9-3-10-21-39;1-2/h1-11,13-16,18-23,25-33,35-37H,12,17,24,34,59H2;1-2H3. The number of nitrogens with zero attached hydrogens (tertiary/aromatic N) is 4. The van der Waals surface area contributed by atoms with Crippen molar-refractivity contribution in [2.45, 2.75) is 39.5 Å². The molecule has 0 saturated heterocycles. The summed E-state index contributed by atoms with van der Waals surface area (Å²) in [6.07, 6.45) is 19.5. The quantitative estimate of drug-likeness (QED) is 0.154. The van der Waals surface area contributed by atoms with Crippen LogP contribution in [0.15, 0.2) is 199 Å². The Bertz CT molecular complexity index is 3510. The Balaban J connectivity index is 0.00000238. The first-order chi connectivity index (χ1) is 32.6. The van der Waals surface area contributed by atoms with Crippen LogP contribution in [-0.2, 0) is 6.42 Å². The molecule has 0 saturated carbocycles. The average Bonchev–Trinajstić information content (AvgIpc) is 3.94. The molecule has 12 rings (SSSR count). The van der Waals surface area contributed by atoms with E-state index in [1.807, 2.05) is 86.6 Å². The summed E-state index contributed by atoms with van der Waals surface area (Å²) in [5.41, 5.74) is 21.8. The largest absolute Gasteiger partial charge is 0.456 e. The van der Waals surface area contributed by atoms with E-state index in [2.05, 4.69) is 126 Å². The second-order valence-electron chi connectivity index (χ2n) is 16.8. The van der Waals surface area contributed by atoms with Crippen LogP contribution in [-0.4, -0.2) is 19.5 Å². The Kier molecular flexibility index (Phi) is 10.8. The van der Waals surface area contributed by atoms with Crippen LogP contribution >= 0.6 is 0 Å². The highest BCUT2D eigenvalue weighted by atomic mass is 16.3. The van der Waals surface area contributed by atoms with E-state index in [4.69, 9.17) is 25.1 Å². The highest BCUT2D eigenvalue weighted by Gasteiger charge is 2.23. The number of hydrogen-bond donors (Lipinski definition) is 1. The van der Waals surface area contributed by atoms with Crippen molar-refractivity contribution < 1.29 is 4.42 Å². The minimum atomic E-state index is 0.468. The number of nitrogens with two attached hydrogens (primary N) is 1. The molecule has 3 heterocycles. The van der Waals surface area contributed by atoms with Gasteiger partial charge in [0.05, 0.1) is 16.7 Å². The molecule has 2 N–H and O–H groups in total. The second kappa shape index (κ2) is 17.5. The predicted molar refractivity (Wildman–Crippen MR) is 276 cm³/mol. The number of aromatic nitrogens is 4. The van der Waals surface area contributed by atoms with Gasteiger partial charge in [0.15, 0.2) is 17.5 Å². The lowest BCUT2D eigenvalue weighted by Crippen LogP contribution is -2.05. The van der Waals surface area contributed by atoms with E-state index in [-0.39, 0.29) is 0 Å². The Morgan fingerprint density at radius 1 is 0.576 bits per heavy atom. The highest BCUT2D eigenvalue weighted by Crippen LogP contribution is 2.44. The van der Waals surface area contributed by atoms with Crippen molar-refractivity contribution >= 4 is 55.1 Å². The Hall–Kier alpha value is -8.09. The van der Waals surface area contributed by atoms with Gasteiger partial charge >= 0.3 is 0 Å². The number of nitrogen functional groups attached to an aromatic ring is 1. The molecular weight excluding hydrogens is 807 g/mol. The summed E-state index contributed by atoms with van der Waals surface area (Å²) >= 11 is 0. The number of rotatable bonds is 8. The summed E-state index contributed by atoms with van der Waals surface area (Å²) in [4.78, 5) is 15.1. The van der Waals surface area contributed by atoms with Crippen molar-refractivity contribution in [1.82, 2.24) is 19.5 Å². The van der Waals surface area contributed by atoms with Crippen LogP contribution in [0, 0.1) is 5.92 Å². The van der Waals surface area contributed by atoms with Crippen LogP contribution in [0.1, 0.15) is 38.7 Å². The summed E-state index contributed by atoms with van der Waals surface area (Å²) in [7, 11) is 0. The summed E-state index contributed by atoms with van der Waals surface area (Å²) in [6.45, 7) is 4.00. The molecule has 0 amide bonds. The summed E-state index contributed by atoms with van der Waals surface area (Å²) in [5.74, 6) is 2.30. The van der Waals surface area contributed by atoms with Gasteiger partial charge in [-0.05, 0) is 90.3 Å². The number of anilines is 1. The number of hydrogen-bond acceptors (Lipinski definition) is 5. The van der Waals surface area contributed by atoms with E-state index in [0.717, 1.165) is 103 Å². The molecule has 1 unspecified atom stereocenters. The van der Waals surface area contributed by atoms with Gasteiger partial charge in [0.25, 0.3) is 0 Å². The summed E-state index contributed by atoms with van der Waals surface area (Å²) in [5, 5.41) is 4.27. The fourth-order valence-electron chi connectivity index (χ4n) is 9.77. The molecule has 1 atom stereocenters. The lowest BCUT2D eigenvalue weighted by Gasteiger charge is -2.19. The zero-order chi connectivity index (χ0) is 44.6. The van der Waals surface area contributed by atoms with E-state index < -0.39 is 0 Å². The molecule has 2 aliphatic rings. The number of allylic oxidation sites excluding steroid dienone is 8. The molecule has 66 heavy (non-hydrogen) atoms. The molecule has 6 heteroatoms. The second-order valence-corrected chi connectivity index (χ2v) is 16.8. The topological polar surface area (TPSA) is 82.8 Å². The molecule has 6 nitrogen and oxygen atoms in total. The van der Waals surface area contributed by atoms with Crippen molar-refractivity contribution in [3.05, 3.63) is 200 Å². The molecule has 7 aromatic carbocycles. The minimum Gasteiger partial charge on any atom is -0.456 e. The Labute approximate surface area is 384 Å². The third-order valence-corrected chi connectivity index (χ3v) is 12.9. The van der Waals surface area contributed by atoms with Crippen LogP contribution in [0.5, 0.6) is 0 Å². The van der Waals surface area contributed by atoms with Gasteiger partial charge in [0.2, 0.25) is 0 Å². The molecule has 0 radical (unpaired) electrons. The first-order valence-corrected chi connectivity index (χ1v) is 23.1. The fourth-order valence-corrected chi connectivity index (χ4v) is 9.77. The molecule has 3 aromatic heterocycles. The molecule has 320 valence electrons. The predicted octanol–water partition coefficient (Wildman–Crippen LogP) is 15.7. The van der Waals surface area contributed by atoms with E-state index in [9.17, 15) is 0 Å². The summed E-state index contributed by atoms with van der Waals surface area (Å²) < 4.78 is 8.95. The highest BCUT2D eigenvalue weighted by molar-refractivity contribution is 6.17. The van der Waals surface area contributed by atoms with Gasteiger partial charge in [-0.1, -0.05) is 172 Å². The average molecular weight is 856 g/mol. The van der Waals surface area contributed by atoms with Crippen molar-refractivity contribution in [1.29, 1.82) is 0 Å². The van der Waals surface area contributed by atoms with Gasteiger partial charge in [0.1, 0.15) is 11.2 Å². The van der Waals surface area contributed by atoms with Gasteiger partial charge in [0, 0.05) is 49.5 Å². The van der Waals surface area contributed by atoms with Crippen molar-refractivity contribution in [2.24, 2.45) is 5.92 Å². The van der Waals surface area contributed by atoms with Crippen molar-refractivity contribution in [3.8, 4) is 56.4 Å². The maximum Gasteiger partial charge on any atom is 0.164 e. The number of benzene rings is 7. The SMILES string of the molecule is CC.Nc1c(-c2ccccc2CC2C=CC=CC2)ccc2c3cc(-c4ccc5oc6cccc(-c7nc(-c8ccccc8)nc(-c8ccccc8)n7)c6c5c4)ccc3n(C3=CC=CCC3)c12. The lowest BCUT2D eigenvalue weighted by atomic mass is 9.88. The molecule has 2 aliphatic carbocycles. The smallest absolute Gasteiger partial charge is 0.164 e. The molecular formula is C60H49N5O. The van der Waals surface area contributed by atoms with Crippen molar-refractivity contribution in [2.75, 3.05) is 5.73 Å². The van der Waals surface area contributed by atoms with Crippen LogP contribution < -0.4 is 5.73 Å². The fraction of sp³-hybridized carbons (Fsp3) is 0.117. The Morgan fingerprint density at radius 2 is 1.27 bits per heavy atom. The third kappa shape index (κ3) is 7.30. The third-order valence-electron chi connectivity index (χ3n) is 12.9. The first-order valence-electron chi connectivity index (χ1n) is 23.1. The van der Waals surface area contributed by atoms with Gasteiger partial charge in [-0.15, -0.1) is 0 Å². The molecule has 0 spiro atoms. The van der Waals surface area contributed by atoms with Crippen LogP contribution in [0.2, 0.25) is 0 Å². The monoisotopic (exact) mass is 855 g/mol.